The number of nitrogens with one attached hydrogen (secondary N) is 1. The molecule has 1 N–H and O–H groups in total. The van der Waals surface area contributed by atoms with Crippen LogP contribution in [0.3, 0.4) is 0 Å². The van der Waals surface area contributed by atoms with Gasteiger partial charge in [-0.1, -0.05) is 42.5 Å². The molecule has 28 heavy (non-hydrogen) atoms. The molecule has 1 aromatic carbocycles. The first kappa shape index (κ1) is 17.3. The number of hydrogen-bond acceptors (Lipinski definition) is 5. The lowest BCUT2D eigenvalue weighted by molar-refractivity contribution is -0.142. The number of thiazole rings is 1. The second-order valence-corrected chi connectivity index (χ2v) is 8.41. The number of carbonyl (C=O) groups is 3. The Morgan fingerprint density at radius 3 is 2.32 bits per heavy atom. The van der Waals surface area contributed by atoms with Crippen molar-refractivity contribution in [2.45, 2.75) is 12.8 Å². The van der Waals surface area contributed by atoms with E-state index >= 15 is 0 Å². The molecule has 142 valence electrons. The largest absolute Gasteiger partial charge is 0.300 e. The molecule has 6 nitrogen and oxygen atoms in total. The number of likely N-dealkylation sites (tertiary alicyclic amines) is 1. The fraction of sp³-hybridized carbons (Fsp3) is 0.333. The van der Waals surface area contributed by atoms with Crippen molar-refractivity contribution in [2.75, 3.05) is 11.9 Å². The summed E-state index contributed by atoms with van der Waals surface area (Å²) >= 11 is 1.32. The van der Waals surface area contributed by atoms with Crippen molar-refractivity contribution in [1.82, 2.24) is 9.88 Å². The zero-order valence-corrected chi connectivity index (χ0v) is 15.9. The van der Waals surface area contributed by atoms with E-state index in [1.165, 1.54) is 11.3 Å². The van der Waals surface area contributed by atoms with Crippen molar-refractivity contribution in [3.8, 4) is 11.3 Å². The molecule has 1 aliphatic heterocycles. The second-order valence-electron chi connectivity index (χ2n) is 7.56. The summed E-state index contributed by atoms with van der Waals surface area (Å²) in [5.74, 6) is -1.10. The fourth-order valence-corrected chi connectivity index (χ4v) is 5.40. The number of aromatic nitrogens is 1. The maximum Gasteiger partial charge on any atom is 0.246 e. The summed E-state index contributed by atoms with van der Waals surface area (Å²) in [6.07, 6.45) is 6.04. The van der Waals surface area contributed by atoms with E-state index in [-0.39, 0.29) is 42.0 Å². The topological polar surface area (TPSA) is 79.4 Å². The third kappa shape index (κ3) is 2.77. The molecular weight excluding hydrogens is 374 g/mol. The van der Waals surface area contributed by atoms with Crippen LogP contribution in [0.2, 0.25) is 0 Å². The molecule has 3 amide bonds. The van der Waals surface area contributed by atoms with Crippen LogP contribution >= 0.6 is 11.3 Å². The number of hydrogen-bond donors (Lipinski definition) is 1. The number of benzene rings is 1. The van der Waals surface area contributed by atoms with E-state index in [2.05, 4.69) is 22.5 Å². The lowest BCUT2D eigenvalue weighted by Crippen LogP contribution is -2.38. The van der Waals surface area contributed by atoms with Gasteiger partial charge in [-0.25, -0.2) is 4.98 Å². The van der Waals surface area contributed by atoms with Crippen LogP contribution in [0.1, 0.15) is 12.8 Å². The van der Waals surface area contributed by atoms with E-state index in [4.69, 9.17) is 0 Å². The summed E-state index contributed by atoms with van der Waals surface area (Å²) in [6.45, 7) is -0.246. The summed E-state index contributed by atoms with van der Waals surface area (Å²) in [7, 11) is 0. The van der Waals surface area contributed by atoms with E-state index < -0.39 is 5.91 Å². The number of carbonyl (C=O) groups excluding carboxylic acids is 3. The number of fused-ring (bicyclic) bond motifs is 1. The predicted octanol–water partition coefficient (Wildman–Crippen LogP) is 2.95. The summed E-state index contributed by atoms with van der Waals surface area (Å²) in [5, 5.41) is 5.06. The second kappa shape index (κ2) is 6.67. The standard InChI is InChI=1S/C21H19N3O3S/c25-16(23-21-22-15(11-28-21)12-4-2-1-3-5-12)10-24-19(26)17-13-6-7-14(9-8-13)18(17)20(24)27/h1-7,11,13-14,17-18H,8-10H2,(H,22,23,25). The molecule has 4 unspecified atom stereocenters. The van der Waals surface area contributed by atoms with Gasteiger partial charge in [-0.2, -0.15) is 0 Å². The molecule has 2 bridgehead atoms. The average molecular weight is 393 g/mol. The Kier molecular flexibility index (Phi) is 4.12. The zero-order chi connectivity index (χ0) is 19.3. The molecule has 3 aliphatic carbocycles. The monoisotopic (exact) mass is 393 g/mol. The molecular formula is C21H19N3O3S. The third-order valence-corrected chi connectivity index (χ3v) is 6.73. The lowest BCUT2D eigenvalue weighted by atomic mass is 9.63. The van der Waals surface area contributed by atoms with Crippen LogP contribution in [-0.2, 0) is 14.4 Å². The van der Waals surface area contributed by atoms with Gasteiger partial charge in [-0.05, 0) is 24.7 Å². The van der Waals surface area contributed by atoms with Crippen LogP contribution in [0.15, 0.2) is 47.9 Å². The molecule has 0 radical (unpaired) electrons. The van der Waals surface area contributed by atoms with E-state index in [1.54, 1.807) is 0 Å². The Labute approximate surface area is 166 Å². The normalized spacial score (nSPS) is 27.9. The summed E-state index contributed by atoms with van der Waals surface area (Å²) < 4.78 is 0. The number of anilines is 1. The highest BCUT2D eigenvalue weighted by atomic mass is 32.1. The minimum Gasteiger partial charge on any atom is -0.300 e. The first-order chi connectivity index (χ1) is 13.6. The van der Waals surface area contributed by atoms with Crippen LogP contribution in [-0.4, -0.2) is 34.2 Å². The van der Waals surface area contributed by atoms with Gasteiger partial charge < -0.3 is 5.32 Å². The summed E-state index contributed by atoms with van der Waals surface area (Å²) in [5.41, 5.74) is 1.75. The summed E-state index contributed by atoms with van der Waals surface area (Å²) in [4.78, 5) is 43.6. The first-order valence-corrected chi connectivity index (χ1v) is 10.3. The molecule has 2 aromatic rings. The highest BCUT2D eigenvalue weighted by Gasteiger charge is 2.56. The van der Waals surface area contributed by atoms with E-state index in [1.807, 2.05) is 35.7 Å². The van der Waals surface area contributed by atoms with Gasteiger partial charge in [-0.15, -0.1) is 11.3 Å². The van der Waals surface area contributed by atoms with Gasteiger partial charge in [0.05, 0.1) is 17.5 Å². The Balaban J connectivity index is 1.27. The molecule has 1 aromatic heterocycles. The van der Waals surface area contributed by atoms with Gasteiger partial charge in [-0.3, -0.25) is 19.3 Å². The fourth-order valence-electron chi connectivity index (χ4n) is 4.67. The predicted molar refractivity (Wildman–Crippen MR) is 105 cm³/mol. The number of allylic oxidation sites excluding steroid dienone is 2. The smallest absolute Gasteiger partial charge is 0.246 e. The molecule has 6 rings (SSSR count). The minimum absolute atomic E-state index is 0.131. The van der Waals surface area contributed by atoms with Crippen molar-refractivity contribution >= 4 is 34.2 Å². The maximum atomic E-state index is 12.8. The van der Waals surface area contributed by atoms with Crippen LogP contribution in [0.4, 0.5) is 5.13 Å². The van der Waals surface area contributed by atoms with Gasteiger partial charge >= 0.3 is 0 Å². The van der Waals surface area contributed by atoms with Crippen molar-refractivity contribution in [1.29, 1.82) is 0 Å². The van der Waals surface area contributed by atoms with Gasteiger partial charge in [0.25, 0.3) is 0 Å². The average Bonchev–Trinajstić information content (AvgIpc) is 3.29. The Bertz CT molecular complexity index is 952. The maximum absolute atomic E-state index is 12.8. The third-order valence-electron chi connectivity index (χ3n) is 5.97. The van der Waals surface area contributed by atoms with Gasteiger partial charge in [0.2, 0.25) is 17.7 Å². The van der Waals surface area contributed by atoms with Gasteiger partial charge in [0, 0.05) is 10.9 Å². The summed E-state index contributed by atoms with van der Waals surface area (Å²) in [6, 6.07) is 9.69. The zero-order valence-electron chi connectivity index (χ0n) is 15.1. The molecule has 2 heterocycles. The molecule has 1 saturated heterocycles. The number of rotatable bonds is 4. The number of nitrogens with zero attached hydrogens (tertiary/aromatic N) is 2. The van der Waals surface area contributed by atoms with Crippen molar-refractivity contribution in [3.63, 3.8) is 0 Å². The Morgan fingerprint density at radius 1 is 1.07 bits per heavy atom. The van der Waals surface area contributed by atoms with Crippen molar-refractivity contribution < 1.29 is 14.4 Å². The van der Waals surface area contributed by atoms with Crippen LogP contribution in [0.5, 0.6) is 0 Å². The van der Waals surface area contributed by atoms with Gasteiger partial charge in [0.15, 0.2) is 5.13 Å². The molecule has 2 fully saturated rings. The number of imide groups is 1. The van der Waals surface area contributed by atoms with Crippen molar-refractivity contribution in [2.24, 2.45) is 23.7 Å². The molecule has 4 aliphatic rings. The first-order valence-electron chi connectivity index (χ1n) is 9.46. The highest BCUT2D eigenvalue weighted by molar-refractivity contribution is 7.14. The van der Waals surface area contributed by atoms with Gasteiger partial charge in [0.1, 0.15) is 6.54 Å². The number of amides is 3. The molecule has 1 saturated carbocycles. The SMILES string of the molecule is O=C(CN1C(=O)C2C3C=CC(CC3)C2C1=O)Nc1nc(-c2ccccc2)cs1. The Morgan fingerprint density at radius 2 is 1.71 bits per heavy atom. The van der Waals surface area contributed by atoms with Crippen LogP contribution in [0, 0.1) is 23.7 Å². The van der Waals surface area contributed by atoms with E-state index in [0.717, 1.165) is 29.0 Å². The molecule has 7 heteroatoms. The molecule has 4 atom stereocenters. The van der Waals surface area contributed by atoms with E-state index in [0.29, 0.717) is 5.13 Å². The van der Waals surface area contributed by atoms with E-state index in [9.17, 15) is 14.4 Å². The van der Waals surface area contributed by atoms with Crippen LogP contribution < -0.4 is 5.32 Å². The highest BCUT2D eigenvalue weighted by Crippen LogP contribution is 2.49. The molecule has 0 spiro atoms. The van der Waals surface area contributed by atoms with Crippen molar-refractivity contribution in [3.05, 3.63) is 47.9 Å². The quantitative estimate of drug-likeness (QED) is 0.640. The van der Waals surface area contributed by atoms with Crippen LogP contribution in [0.25, 0.3) is 11.3 Å². The Hall–Kier alpha value is -2.80. The minimum atomic E-state index is -0.394. The lowest BCUT2D eigenvalue weighted by Gasteiger charge is -2.38.